The Morgan fingerprint density at radius 1 is 1.23 bits per heavy atom. The number of rotatable bonds is 7. The van der Waals surface area contributed by atoms with Crippen molar-refractivity contribution in [3.8, 4) is 11.5 Å². The smallest absolute Gasteiger partial charge is 0.322 e. The average Bonchev–Trinajstić information content (AvgIpc) is 2.66. The van der Waals surface area contributed by atoms with Gasteiger partial charge in [-0.3, -0.25) is 4.90 Å². The molecule has 0 fully saturated rings. The summed E-state index contributed by atoms with van der Waals surface area (Å²) in [5.74, 6) is 1.72. The first-order valence-electron chi connectivity index (χ1n) is 8.11. The number of hydrogen-bond acceptors (Lipinski definition) is 3. The second-order valence-corrected chi connectivity index (χ2v) is 6.84. The highest BCUT2D eigenvalue weighted by Crippen LogP contribution is 2.30. The molecular formula is C19H22BrClN2O3. The molecular weight excluding hydrogens is 420 g/mol. The van der Waals surface area contributed by atoms with E-state index in [0.29, 0.717) is 23.9 Å². The molecule has 0 aliphatic heterocycles. The van der Waals surface area contributed by atoms with Crippen molar-refractivity contribution >= 4 is 39.2 Å². The Kier molecular flexibility index (Phi) is 7.60. The first-order valence-corrected chi connectivity index (χ1v) is 9.44. The van der Waals surface area contributed by atoms with Crippen molar-refractivity contribution in [2.45, 2.75) is 13.0 Å². The highest BCUT2D eigenvalue weighted by molar-refractivity contribution is 9.10. The fraction of sp³-hybridized carbons (Fsp3) is 0.316. The van der Waals surface area contributed by atoms with Crippen molar-refractivity contribution in [2.24, 2.45) is 0 Å². The molecule has 5 nitrogen and oxygen atoms in total. The number of nitrogens with one attached hydrogen (secondary N) is 1. The standard InChI is InChI=1S/C19H22BrClN2O3/c1-13(14-5-4-6-16(11-14)25-2)22-19(24)23(10-9-21)15-7-8-17(20)18(12-15)26-3/h4-8,11-13H,9-10H2,1-3H3,(H,22,24)/t13-/m1/s1. The summed E-state index contributed by atoms with van der Waals surface area (Å²) < 4.78 is 11.4. The monoisotopic (exact) mass is 440 g/mol. The maximum atomic E-state index is 12.8. The molecule has 1 N–H and O–H groups in total. The molecule has 2 aromatic carbocycles. The number of alkyl halides is 1. The van der Waals surface area contributed by atoms with Crippen LogP contribution in [0.1, 0.15) is 18.5 Å². The van der Waals surface area contributed by atoms with Gasteiger partial charge in [-0.15, -0.1) is 11.6 Å². The van der Waals surface area contributed by atoms with Crippen LogP contribution in [0.4, 0.5) is 10.5 Å². The van der Waals surface area contributed by atoms with Crippen LogP contribution in [0.25, 0.3) is 0 Å². The van der Waals surface area contributed by atoms with Gasteiger partial charge in [0.1, 0.15) is 11.5 Å². The van der Waals surface area contributed by atoms with Crippen molar-refractivity contribution in [3.05, 3.63) is 52.5 Å². The van der Waals surface area contributed by atoms with E-state index in [4.69, 9.17) is 21.1 Å². The number of carbonyl (C=O) groups is 1. The van der Waals surface area contributed by atoms with E-state index in [2.05, 4.69) is 21.2 Å². The van der Waals surface area contributed by atoms with Gasteiger partial charge in [-0.1, -0.05) is 12.1 Å². The van der Waals surface area contributed by atoms with Crippen LogP contribution in [0.15, 0.2) is 46.9 Å². The Morgan fingerprint density at radius 2 is 2.00 bits per heavy atom. The molecule has 0 aliphatic rings. The number of nitrogens with zero attached hydrogens (tertiary/aromatic N) is 1. The van der Waals surface area contributed by atoms with Crippen molar-refractivity contribution in [1.29, 1.82) is 0 Å². The van der Waals surface area contributed by atoms with E-state index in [9.17, 15) is 4.79 Å². The first-order chi connectivity index (χ1) is 12.5. The third-order valence-corrected chi connectivity index (χ3v) is 4.76. The van der Waals surface area contributed by atoms with Crippen molar-refractivity contribution in [2.75, 3.05) is 31.5 Å². The molecule has 0 aliphatic carbocycles. The summed E-state index contributed by atoms with van der Waals surface area (Å²) >= 11 is 9.33. The zero-order chi connectivity index (χ0) is 19.1. The lowest BCUT2D eigenvalue weighted by Crippen LogP contribution is -2.42. The Balaban J connectivity index is 2.19. The van der Waals surface area contributed by atoms with Crippen LogP contribution in [-0.4, -0.2) is 32.7 Å². The van der Waals surface area contributed by atoms with Crippen LogP contribution in [0.5, 0.6) is 11.5 Å². The molecule has 1 atom stereocenters. The molecule has 7 heteroatoms. The molecule has 2 amide bonds. The number of benzene rings is 2. The van der Waals surface area contributed by atoms with Gasteiger partial charge in [0.15, 0.2) is 0 Å². The van der Waals surface area contributed by atoms with Gasteiger partial charge >= 0.3 is 6.03 Å². The van der Waals surface area contributed by atoms with Gasteiger partial charge in [-0.25, -0.2) is 4.79 Å². The minimum atomic E-state index is -0.231. The summed E-state index contributed by atoms with van der Waals surface area (Å²) in [6.45, 7) is 2.30. The minimum Gasteiger partial charge on any atom is -0.497 e. The van der Waals surface area contributed by atoms with Gasteiger partial charge in [0.2, 0.25) is 0 Å². The van der Waals surface area contributed by atoms with Crippen molar-refractivity contribution < 1.29 is 14.3 Å². The van der Waals surface area contributed by atoms with Crippen LogP contribution in [0, 0.1) is 0 Å². The zero-order valence-corrected chi connectivity index (χ0v) is 17.3. The topological polar surface area (TPSA) is 50.8 Å². The summed E-state index contributed by atoms with van der Waals surface area (Å²) in [4.78, 5) is 14.4. The summed E-state index contributed by atoms with van der Waals surface area (Å²) in [6, 6.07) is 12.7. The van der Waals surface area contributed by atoms with Gasteiger partial charge in [0.25, 0.3) is 0 Å². The Morgan fingerprint density at radius 3 is 2.65 bits per heavy atom. The molecule has 0 spiro atoms. The highest BCUT2D eigenvalue weighted by atomic mass is 79.9. The van der Waals surface area contributed by atoms with Gasteiger partial charge in [0, 0.05) is 24.2 Å². The lowest BCUT2D eigenvalue weighted by Gasteiger charge is -2.25. The average molecular weight is 442 g/mol. The van der Waals surface area contributed by atoms with E-state index in [-0.39, 0.29) is 12.1 Å². The van der Waals surface area contributed by atoms with Crippen molar-refractivity contribution in [3.63, 3.8) is 0 Å². The number of amides is 2. The summed E-state index contributed by atoms with van der Waals surface area (Å²) in [7, 11) is 3.20. The number of hydrogen-bond donors (Lipinski definition) is 1. The predicted octanol–water partition coefficient (Wildman–Crippen LogP) is 4.98. The van der Waals surface area contributed by atoms with Gasteiger partial charge in [-0.2, -0.15) is 0 Å². The lowest BCUT2D eigenvalue weighted by molar-refractivity contribution is 0.243. The van der Waals surface area contributed by atoms with Crippen molar-refractivity contribution in [1.82, 2.24) is 5.32 Å². The Bertz CT molecular complexity index is 757. The van der Waals surface area contributed by atoms with Gasteiger partial charge in [-0.05, 0) is 52.7 Å². The molecule has 0 bridgehead atoms. The zero-order valence-electron chi connectivity index (χ0n) is 15.0. The van der Waals surface area contributed by atoms with E-state index in [1.54, 1.807) is 25.2 Å². The molecule has 0 saturated carbocycles. The van der Waals surface area contributed by atoms with E-state index in [1.165, 1.54) is 0 Å². The van der Waals surface area contributed by atoms with Crippen LogP contribution < -0.4 is 19.7 Å². The van der Waals surface area contributed by atoms with E-state index in [1.807, 2.05) is 43.3 Å². The largest absolute Gasteiger partial charge is 0.497 e. The molecule has 0 radical (unpaired) electrons. The highest BCUT2D eigenvalue weighted by Gasteiger charge is 2.19. The summed E-state index contributed by atoms with van der Waals surface area (Å²) in [5, 5.41) is 3.00. The Hall–Kier alpha value is -1.92. The number of ether oxygens (including phenoxy) is 2. The molecule has 140 valence electrons. The molecule has 0 aromatic heterocycles. The maximum absolute atomic E-state index is 12.8. The summed E-state index contributed by atoms with van der Waals surface area (Å²) in [5.41, 5.74) is 1.66. The van der Waals surface area contributed by atoms with Crippen LogP contribution in [-0.2, 0) is 0 Å². The van der Waals surface area contributed by atoms with Crippen LogP contribution in [0.2, 0.25) is 0 Å². The lowest BCUT2D eigenvalue weighted by atomic mass is 10.1. The van der Waals surface area contributed by atoms with E-state index >= 15 is 0 Å². The molecule has 2 aromatic rings. The van der Waals surface area contributed by atoms with E-state index < -0.39 is 0 Å². The first kappa shape index (κ1) is 20.4. The predicted molar refractivity (Wildman–Crippen MR) is 109 cm³/mol. The Labute approximate surface area is 167 Å². The van der Waals surface area contributed by atoms with Crippen LogP contribution >= 0.6 is 27.5 Å². The fourth-order valence-corrected chi connectivity index (χ4v) is 3.08. The second-order valence-electron chi connectivity index (χ2n) is 5.61. The van der Waals surface area contributed by atoms with E-state index in [0.717, 1.165) is 15.8 Å². The quantitative estimate of drug-likeness (QED) is 0.616. The maximum Gasteiger partial charge on any atom is 0.322 e. The molecule has 0 heterocycles. The molecule has 2 rings (SSSR count). The second kappa shape index (κ2) is 9.69. The van der Waals surface area contributed by atoms with Gasteiger partial charge < -0.3 is 14.8 Å². The molecule has 26 heavy (non-hydrogen) atoms. The molecule has 0 saturated heterocycles. The van der Waals surface area contributed by atoms with Gasteiger partial charge in [0.05, 0.1) is 24.7 Å². The third kappa shape index (κ3) is 5.05. The fourth-order valence-electron chi connectivity index (χ4n) is 2.51. The normalized spacial score (nSPS) is 11.6. The SMILES string of the molecule is COc1cccc([C@@H](C)NC(=O)N(CCCl)c2ccc(Br)c(OC)c2)c1. The van der Waals surface area contributed by atoms with Crippen LogP contribution in [0.3, 0.4) is 0 Å². The molecule has 0 unspecified atom stereocenters. The third-order valence-electron chi connectivity index (χ3n) is 3.93. The number of anilines is 1. The number of methoxy groups -OCH3 is 2. The number of carbonyl (C=O) groups excluding carboxylic acids is 1. The number of urea groups is 1. The summed E-state index contributed by atoms with van der Waals surface area (Å²) in [6.07, 6.45) is 0. The minimum absolute atomic E-state index is 0.187. The number of halogens is 2.